The maximum absolute atomic E-state index is 11.0. The molecule has 0 bridgehead atoms. The van der Waals surface area contributed by atoms with E-state index < -0.39 is 5.24 Å². The fourth-order valence-electron chi connectivity index (χ4n) is 1.26. The van der Waals surface area contributed by atoms with Gasteiger partial charge in [-0.3, -0.25) is 9.59 Å². The summed E-state index contributed by atoms with van der Waals surface area (Å²) in [5, 5.41) is -0.632. The number of methoxy groups -OCH3 is 1. The van der Waals surface area contributed by atoms with Gasteiger partial charge in [0, 0.05) is 11.1 Å². The van der Waals surface area contributed by atoms with Crippen LogP contribution < -0.4 is 4.74 Å². The van der Waals surface area contributed by atoms with E-state index in [2.05, 4.69) is 0 Å². The van der Waals surface area contributed by atoms with Gasteiger partial charge in [0.25, 0.3) is 5.24 Å². The van der Waals surface area contributed by atoms with Gasteiger partial charge < -0.3 is 4.74 Å². The van der Waals surface area contributed by atoms with Crippen molar-refractivity contribution in [1.29, 1.82) is 0 Å². The second-order valence-electron chi connectivity index (χ2n) is 2.80. The number of ether oxygens (including phenoxy) is 1. The molecule has 0 fully saturated rings. The smallest absolute Gasteiger partial charge is 0.253 e. The SMILES string of the molecule is COc1cc(C)c(C(=O)Cl)c(C=O)c1. The van der Waals surface area contributed by atoms with Gasteiger partial charge in [0.15, 0.2) is 6.29 Å². The molecule has 74 valence electrons. The molecule has 0 spiro atoms. The van der Waals surface area contributed by atoms with Crippen molar-refractivity contribution in [3.8, 4) is 5.75 Å². The van der Waals surface area contributed by atoms with Crippen LogP contribution in [0.2, 0.25) is 0 Å². The van der Waals surface area contributed by atoms with Crippen molar-refractivity contribution in [3.63, 3.8) is 0 Å². The zero-order valence-corrected chi connectivity index (χ0v) is 8.59. The van der Waals surface area contributed by atoms with E-state index in [9.17, 15) is 9.59 Å². The number of rotatable bonds is 3. The average Bonchev–Trinajstić information content (AvgIpc) is 2.15. The normalized spacial score (nSPS) is 9.64. The first-order chi connectivity index (χ1) is 6.60. The minimum absolute atomic E-state index is 0.238. The van der Waals surface area contributed by atoms with Crippen molar-refractivity contribution in [1.82, 2.24) is 0 Å². The Kier molecular flexibility index (Phi) is 3.25. The Bertz CT molecular complexity index is 385. The monoisotopic (exact) mass is 212 g/mol. The Labute approximate surface area is 86.6 Å². The highest BCUT2D eigenvalue weighted by Gasteiger charge is 2.13. The zero-order chi connectivity index (χ0) is 10.7. The molecule has 0 N–H and O–H groups in total. The summed E-state index contributed by atoms with van der Waals surface area (Å²) < 4.78 is 4.96. The van der Waals surface area contributed by atoms with Crippen LogP contribution in [0, 0.1) is 6.92 Å². The van der Waals surface area contributed by atoms with Gasteiger partial charge in [0.1, 0.15) is 5.75 Å². The Morgan fingerprint density at radius 1 is 1.50 bits per heavy atom. The van der Waals surface area contributed by atoms with Crippen molar-refractivity contribution in [2.24, 2.45) is 0 Å². The minimum atomic E-state index is -0.632. The fraction of sp³-hybridized carbons (Fsp3) is 0.200. The predicted octanol–water partition coefficient (Wildman–Crippen LogP) is 2.20. The second kappa shape index (κ2) is 4.24. The third-order valence-corrected chi connectivity index (χ3v) is 2.09. The third kappa shape index (κ3) is 1.93. The highest BCUT2D eigenvalue weighted by molar-refractivity contribution is 6.68. The van der Waals surface area contributed by atoms with E-state index in [0.29, 0.717) is 17.6 Å². The molecule has 1 aromatic carbocycles. The first-order valence-corrected chi connectivity index (χ1v) is 4.31. The number of hydrogen-bond acceptors (Lipinski definition) is 3. The Morgan fingerprint density at radius 3 is 2.57 bits per heavy atom. The van der Waals surface area contributed by atoms with Crippen LogP contribution in [0.1, 0.15) is 26.3 Å². The van der Waals surface area contributed by atoms with Crippen LogP contribution >= 0.6 is 11.6 Å². The lowest BCUT2D eigenvalue weighted by Gasteiger charge is -2.07. The molecule has 1 aromatic rings. The number of benzene rings is 1. The van der Waals surface area contributed by atoms with E-state index in [1.54, 1.807) is 13.0 Å². The molecule has 0 saturated heterocycles. The van der Waals surface area contributed by atoms with Crippen LogP contribution in [-0.2, 0) is 0 Å². The van der Waals surface area contributed by atoms with Crippen LogP contribution in [0.25, 0.3) is 0 Å². The first kappa shape index (κ1) is 10.7. The van der Waals surface area contributed by atoms with Crippen molar-refractivity contribution >= 4 is 23.1 Å². The molecule has 0 heterocycles. The molecule has 0 aliphatic heterocycles. The predicted molar refractivity (Wildman–Crippen MR) is 53.3 cm³/mol. The van der Waals surface area contributed by atoms with E-state index in [0.717, 1.165) is 0 Å². The van der Waals surface area contributed by atoms with Crippen molar-refractivity contribution in [3.05, 3.63) is 28.8 Å². The van der Waals surface area contributed by atoms with Gasteiger partial charge in [-0.1, -0.05) is 0 Å². The lowest BCUT2D eigenvalue weighted by molar-refractivity contribution is 0.106. The van der Waals surface area contributed by atoms with Crippen LogP contribution in [0.15, 0.2) is 12.1 Å². The summed E-state index contributed by atoms with van der Waals surface area (Å²) in [6.45, 7) is 1.70. The summed E-state index contributed by atoms with van der Waals surface area (Å²) >= 11 is 5.35. The summed E-state index contributed by atoms with van der Waals surface area (Å²) in [4.78, 5) is 21.7. The number of aryl methyl sites for hydroxylation is 1. The summed E-state index contributed by atoms with van der Waals surface area (Å²) in [5.41, 5.74) is 1.12. The second-order valence-corrected chi connectivity index (χ2v) is 3.14. The maximum Gasteiger partial charge on any atom is 0.253 e. The molecular formula is C10H9ClO3. The quantitative estimate of drug-likeness (QED) is 0.570. The van der Waals surface area contributed by atoms with Crippen LogP contribution in [-0.4, -0.2) is 18.6 Å². The number of carbonyl (C=O) groups is 2. The van der Waals surface area contributed by atoms with Crippen LogP contribution in [0.5, 0.6) is 5.75 Å². The van der Waals surface area contributed by atoms with Gasteiger partial charge in [-0.05, 0) is 36.2 Å². The van der Waals surface area contributed by atoms with Crippen molar-refractivity contribution in [2.45, 2.75) is 6.92 Å². The molecule has 0 radical (unpaired) electrons. The van der Waals surface area contributed by atoms with Crippen molar-refractivity contribution in [2.75, 3.05) is 7.11 Å². The highest BCUT2D eigenvalue weighted by atomic mass is 35.5. The van der Waals surface area contributed by atoms with E-state index >= 15 is 0 Å². The summed E-state index contributed by atoms with van der Waals surface area (Å²) in [5.74, 6) is 0.534. The van der Waals surface area contributed by atoms with Gasteiger partial charge in [0.2, 0.25) is 0 Å². The summed E-state index contributed by atoms with van der Waals surface area (Å²) in [7, 11) is 1.49. The van der Waals surface area contributed by atoms with Gasteiger partial charge in [-0.25, -0.2) is 0 Å². The molecule has 0 saturated carbocycles. The summed E-state index contributed by atoms with van der Waals surface area (Å²) in [6, 6.07) is 3.14. The highest BCUT2D eigenvalue weighted by Crippen LogP contribution is 2.22. The van der Waals surface area contributed by atoms with Gasteiger partial charge in [-0.2, -0.15) is 0 Å². The third-order valence-electron chi connectivity index (χ3n) is 1.90. The van der Waals surface area contributed by atoms with Crippen LogP contribution in [0.3, 0.4) is 0 Å². The molecule has 0 unspecified atom stereocenters. The Hall–Kier alpha value is -1.35. The topological polar surface area (TPSA) is 43.4 Å². The largest absolute Gasteiger partial charge is 0.497 e. The maximum atomic E-state index is 11.0. The first-order valence-electron chi connectivity index (χ1n) is 3.93. The zero-order valence-electron chi connectivity index (χ0n) is 7.83. The lowest BCUT2D eigenvalue weighted by atomic mass is 10.0. The van der Waals surface area contributed by atoms with E-state index in [-0.39, 0.29) is 11.1 Å². The molecule has 0 atom stereocenters. The molecule has 0 amide bonds. The molecular weight excluding hydrogens is 204 g/mol. The summed E-state index contributed by atoms with van der Waals surface area (Å²) in [6.07, 6.45) is 0.588. The minimum Gasteiger partial charge on any atom is -0.497 e. The fourth-order valence-corrected chi connectivity index (χ4v) is 1.52. The van der Waals surface area contributed by atoms with Crippen LogP contribution in [0.4, 0.5) is 0 Å². The molecule has 1 rings (SSSR count). The average molecular weight is 213 g/mol. The standard InChI is InChI=1S/C10H9ClO3/c1-6-3-8(14-2)4-7(5-12)9(6)10(11)13/h3-5H,1-2H3. The van der Waals surface area contributed by atoms with Gasteiger partial charge >= 0.3 is 0 Å². The molecule has 0 aromatic heterocycles. The number of hydrogen-bond donors (Lipinski definition) is 0. The number of halogens is 1. The Morgan fingerprint density at radius 2 is 2.14 bits per heavy atom. The number of aldehydes is 1. The Balaban J connectivity index is 3.42. The molecule has 0 aliphatic rings. The lowest BCUT2D eigenvalue weighted by Crippen LogP contribution is -2.01. The van der Waals surface area contributed by atoms with Gasteiger partial charge in [0.05, 0.1) is 7.11 Å². The molecule has 0 aliphatic carbocycles. The molecule has 4 heteroatoms. The van der Waals surface area contributed by atoms with Crippen molar-refractivity contribution < 1.29 is 14.3 Å². The molecule has 14 heavy (non-hydrogen) atoms. The van der Waals surface area contributed by atoms with E-state index in [1.165, 1.54) is 13.2 Å². The molecule has 3 nitrogen and oxygen atoms in total. The van der Waals surface area contributed by atoms with Gasteiger partial charge in [-0.15, -0.1) is 0 Å². The van der Waals surface area contributed by atoms with E-state index in [1.807, 2.05) is 0 Å². The van der Waals surface area contributed by atoms with E-state index in [4.69, 9.17) is 16.3 Å². The number of carbonyl (C=O) groups excluding carboxylic acids is 2.